The molecule has 0 heterocycles. The first-order valence-corrected chi connectivity index (χ1v) is 5.13. The topological polar surface area (TPSA) is 61.2 Å². The molecule has 0 aliphatic heterocycles. The summed E-state index contributed by atoms with van der Waals surface area (Å²) in [5.41, 5.74) is 0. The SMILES string of the molecule is CCCCCN(C)S([NH])(=O)=O. The summed E-state index contributed by atoms with van der Waals surface area (Å²) in [5, 5.41) is 6.67. The fraction of sp³-hybridized carbons (Fsp3) is 1.00. The van der Waals surface area contributed by atoms with E-state index in [1.165, 1.54) is 7.05 Å². The normalized spacial score (nSPS) is 12.4. The van der Waals surface area contributed by atoms with E-state index in [0.29, 0.717) is 6.54 Å². The molecule has 67 valence electrons. The average molecular weight is 179 g/mol. The van der Waals surface area contributed by atoms with Crippen LogP contribution in [0.5, 0.6) is 0 Å². The van der Waals surface area contributed by atoms with Crippen LogP contribution in [0.3, 0.4) is 0 Å². The zero-order chi connectivity index (χ0) is 8.91. The van der Waals surface area contributed by atoms with Crippen molar-refractivity contribution in [2.45, 2.75) is 26.2 Å². The summed E-state index contributed by atoms with van der Waals surface area (Å²) in [6.45, 7) is 2.51. The van der Waals surface area contributed by atoms with Crippen LogP contribution >= 0.6 is 0 Å². The summed E-state index contributed by atoms with van der Waals surface area (Å²) in [5.74, 6) is 0. The minimum absolute atomic E-state index is 0.458. The third-order valence-corrected chi connectivity index (χ3v) is 2.49. The van der Waals surface area contributed by atoms with Crippen LogP contribution in [0.4, 0.5) is 0 Å². The largest absolute Gasteiger partial charge is 0.292 e. The Bertz CT molecular complexity index is 189. The predicted octanol–water partition coefficient (Wildman–Crippen LogP) is 0.636. The molecule has 0 aromatic rings. The Morgan fingerprint density at radius 2 is 1.91 bits per heavy atom. The van der Waals surface area contributed by atoms with Crippen molar-refractivity contribution in [1.29, 1.82) is 0 Å². The molecule has 4 nitrogen and oxygen atoms in total. The number of rotatable bonds is 5. The Hall–Kier alpha value is -0.130. The summed E-state index contributed by atoms with van der Waals surface area (Å²) in [4.78, 5) is 0. The molecular formula is C6H15N2O2S. The van der Waals surface area contributed by atoms with E-state index in [0.717, 1.165) is 23.6 Å². The van der Waals surface area contributed by atoms with Gasteiger partial charge in [-0.15, -0.1) is 5.14 Å². The predicted molar refractivity (Wildman–Crippen MR) is 44.2 cm³/mol. The lowest BCUT2D eigenvalue weighted by Crippen LogP contribution is -2.28. The Labute approximate surface area is 68.6 Å². The molecule has 5 heteroatoms. The van der Waals surface area contributed by atoms with Gasteiger partial charge in [-0.25, -0.2) is 0 Å². The lowest BCUT2D eigenvalue weighted by Gasteiger charge is -2.11. The summed E-state index contributed by atoms with van der Waals surface area (Å²) in [6, 6.07) is 0. The van der Waals surface area contributed by atoms with Gasteiger partial charge >= 0.3 is 0 Å². The molecule has 0 spiro atoms. The van der Waals surface area contributed by atoms with Gasteiger partial charge in [0.2, 0.25) is 0 Å². The van der Waals surface area contributed by atoms with Crippen LogP contribution < -0.4 is 5.14 Å². The van der Waals surface area contributed by atoms with E-state index < -0.39 is 10.2 Å². The molecule has 0 atom stereocenters. The van der Waals surface area contributed by atoms with Gasteiger partial charge in [-0.2, -0.15) is 12.7 Å². The molecule has 1 radical (unpaired) electrons. The van der Waals surface area contributed by atoms with Crippen LogP contribution in [0.1, 0.15) is 26.2 Å². The first-order chi connectivity index (χ1) is 4.98. The molecular weight excluding hydrogens is 164 g/mol. The van der Waals surface area contributed by atoms with E-state index >= 15 is 0 Å². The van der Waals surface area contributed by atoms with Crippen LogP contribution in [0.15, 0.2) is 0 Å². The summed E-state index contributed by atoms with van der Waals surface area (Å²) >= 11 is 0. The number of hydrogen-bond acceptors (Lipinski definition) is 2. The molecule has 0 aromatic heterocycles. The molecule has 0 saturated heterocycles. The van der Waals surface area contributed by atoms with Gasteiger partial charge in [0.1, 0.15) is 0 Å². The van der Waals surface area contributed by atoms with E-state index in [1.807, 2.05) is 0 Å². The van der Waals surface area contributed by atoms with Gasteiger partial charge in [0.15, 0.2) is 0 Å². The molecule has 0 unspecified atom stereocenters. The summed E-state index contributed by atoms with van der Waals surface area (Å²) in [6.07, 6.45) is 2.91. The second kappa shape index (κ2) is 4.69. The molecule has 11 heavy (non-hydrogen) atoms. The van der Waals surface area contributed by atoms with Gasteiger partial charge in [0, 0.05) is 13.6 Å². The second-order valence-corrected chi connectivity index (χ2v) is 4.11. The number of nitrogens with zero attached hydrogens (tertiary/aromatic N) is 1. The fourth-order valence-electron chi connectivity index (χ4n) is 0.705. The van der Waals surface area contributed by atoms with Crippen molar-refractivity contribution < 1.29 is 8.42 Å². The van der Waals surface area contributed by atoms with Gasteiger partial charge in [0.05, 0.1) is 0 Å². The minimum atomic E-state index is -3.70. The van der Waals surface area contributed by atoms with E-state index in [2.05, 4.69) is 6.92 Å². The van der Waals surface area contributed by atoms with Crippen molar-refractivity contribution in [2.24, 2.45) is 0 Å². The van der Waals surface area contributed by atoms with Gasteiger partial charge in [0.25, 0.3) is 10.2 Å². The second-order valence-electron chi connectivity index (χ2n) is 2.53. The zero-order valence-electron chi connectivity index (χ0n) is 7.00. The molecule has 1 N–H and O–H groups in total. The van der Waals surface area contributed by atoms with Crippen LogP contribution in [0.25, 0.3) is 0 Å². The molecule has 0 bridgehead atoms. The van der Waals surface area contributed by atoms with Crippen molar-refractivity contribution in [3.8, 4) is 0 Å². The zero-order valence-corrected chi connectivity index (χ0v) is 7.82. The van der Waals surface area contributed by atoms with Crippen molar-refractivity contribution in [3.63, 3.8) is 0 Å². The van der Waals surface area contributed by atoms with Gasteiger partial charge in [-0.1, -0.05) is 19.8 Å². The van der Waals surface area contributed by atoms with Crippen molar-refractivity contribution in [3.05, 3.63) is 0 Å². The maximum atomic E-state index is 10.5. The van der Waals surface area contributed by atoms with E-state index in [1.54, 1.807) is 0 Å². The summed E-state index contributed by atoms with van der Waals surface area (Å²) in [7, 11) is -2.27. The highest BCUT2D eigenvalue weighted by molar-refractivity contribution is 7.86. The first-order valence-electron chi connectivity index (χ1n) is 3.69. The molecule has 0 aliphatic rings. The third kappa shape index (κ3) is 5.17. The standard InChI is InChI=1S/C6H15N2O2S/c1-3-4-5-6-8(2)11(7,9)10/h7H,3-6H2,1-2H3. The maximum absolute atomic E-state index is 10.5. The molecule has 0 saturated carbocycles. The lowest BCUT2D eigenvalue weighted by molar-refractivity contribution is 0.454. The molecule has 0 aliphatic carbocycles. The third-order valence-electron chi connectivity index (χ3n) is 1.49. The molecule has 0 aromatic carbocycles. The van der Waals surface area contributed by atoms with Crippen LogP contribution in [-0.2, 0) is 10.2 Å². The van der Waals surface area contributed by atoms with Gasteiger partial charge in [-0.05, 0) is 6.42 Å². The van der Waals surface area contributed by atoms with Crippen LogP contribution in [-0.4, -0.2) is 26.3 Å². The van der Waals surface area contributed by atoms with Crippen molar-refractivity contribution >= 4 is 10.2 Å². The Balaban J connectivity index is 3.62. The highest BCUT2D eigenvalue weighted by Gasteiger charge is 2.10. The summed E-state index contributed by atoms with van der Waals surface area (Å²) < 4.78 is 22.1. The number of hydrogen-bond donors (Lipinski definition) is 0. The van der Waals surface area contributed by atoms with E-state index in [-0.39, 0.29) is 0 Å². The average Bonchev–Trinajstić information content (AvgIpc) is 1.86. The lowest BCUT2D eigenvalue weighted by atomic mass is 10.2. The fourth-order valence-corrected chi connectivity index (χ4v) is 1.07. The minimum Gasteiger partial charge on any atom is -0.194 e. The quantitative estimate of drug-likeness (QED) is 0.581. The number of unbranched alkanes of at least 4 members (excludes halogenated alkanes) is 2. The van der Waals surface area contributed by atoms with Crippen LogP contribution in [0, 0.1) is 0 Å². The monoisotopic (exact) mass is 179 g/mol. The Kier molecular flexibility index (Phi) is 4.63. The first kappa shape index (κ1) is 10.9. The van der Waals surface area contributed by atoms with E-state index in [9.17, 15) is 8.42 Å². The number of nitrogens with one attached hydrogen (secondary N) is 1. The van der Waals surface area contributed by atoms with Gasteiger partial charge in [-0.3, -0.25) is 0 Å². The highest BCUT2D eigenvalue weighted by atomic mass is 32.2. The molecule has 0 rings (SSSR count). The van der Waals surface area contributed by atoms with Crippen molar-refractivity contribution in [1.82, 2.24) is 9.44 Å². The molecule has 0 fully saturated rings. The Morgan fingerprint density at radius 3 is 2.27 bits per heavy atom. The smallest absolute Gasteiger partial charge is 0.194 e. The Morgan fingerprint density at radius 1 is 1.36 bits per heavy atom. The van der Waals surface area contributed by atoms with E-state index in [4.69, 9.17) is 5.14 Å². The van der Waals surface area contributed by atoms with Gasteiger partial charge < -0.3 is 0 Å². The highest BCUT2D eigenvalue weighted by Crippen LogP contribution is 1.98. The molecule has 0 amide bonds. The van der Waals surface area contributed by atoms with Crippen molar-refractivity contribution in [2.75, 3.05) is 13.6 Å². The maximum Gasteiger partial charge on any atom is 0.292 e. The van der Waals surface area contributed by atoms with Crippen LogP contribution in [0.2, 0.25) is 0 Å².